The molecule has 4 atom stereocenters. The summed E-state index contributed by atoms with van der Waals surface area (Å²) >= 11 is 0. The third kappa shape index (κ3) is 23.2. The second-order valence-electron chi connectivity index (χ2n) is 20.1. The van der Waals surface area contributed by atoms with Crippen molar-refractivity contribution in [1.82, 2.24) is 20.0 Å². The van der Waals surface area contributed by atoms with Crippen molar-refractivity contribution >= 4 is 32.2 Å². The van der Waals surface area contributed by atoms with Crippen LogP contribution in [0.15, 0.2) is 119 Å². The third-order valence-electron chi connectivity index (χ3n) is 11.5. The highest BCUT2D eigenvalue weighted by Crippen LogP contribution is 2.25. The van der Waals surface area contributed by atoms with Gasteiger partial charge in [0, 0.05) is 26.4 Å². The molecule has 3 fully saturated rings. The molecule has 428 valence electrons. The van der Waals surface area contributed by atoms with E-state index in [4.69, 9.17) is 42.8 Å². The van der Waals surface area contributed by atoms with Gasteiger partial charge < -0.3 is 48.9 Å². The first-order valence-corrected chi connectivity index (χ1v) is 28.1. The number of carbonyl (C=O) groups is 2. The Kier molecular flexibility index (Phi) is 25.5. The minimum Gasteiger partial charge on any atom is -0.497 e. The summed E-state index contributed by atoms with van der Waals surface area (Å²) in [5, 5.41) is 16.9. The largest absolute Gasteiger partial charge is 0.497 e. The van der Waals surface area contributed by atoms with E-state index in [1.807, 2.05) is 81.4 Å². The molecule has 4 aromatic rings. The average molecular weight is 1120 g/mol. The number of hydroxylamine groups is 1. The van der Waals surface area contributed by atoms with Gasteiger partial charge in [0.1, 0.15) is 28.8 Å². The van der Waals surface area contributed by atoms with Crippen molar-refractivity contribution in [2.75, 3.05) is 53.8 Å². The number of aliphatic hydroxyl groups is 1. The number of sulfonamides is 2. The predicted molar refractivity (Wildman–Crippen MR) is 289 cm³/mol. The maximum atomic E-state index is 13.6. The average Bonchev–Trinajstić information content (AvgIpc) is 4.24. The lowest BCUT2D eigenvalue weighted by Crippen LogP contribution is -2.52. The van der Waals surface area contributed by atoms with Crippen LogP contribution >= 0.6 is 0 Å². The molecule has 0 bridgehead atoms. The summed E-state index contributed by atoms with van der Waals surface area (Å²) in [4.78, 5) is 37.9. The Morgan fingerprint density at radius 1 is 0.649 bits per heavy atom. The summed E-state index contributed by atoms with van der Waals surface area (Å²) in [6, 6.07) is 30.5. The highest BCUT2D eigenvalue weighted by Gasteiger charge is 2.36. The first-order chi connectivity index (χ1) is 36.0. The van der Waals surface area contributed by atoms with Gasteiger partial charge in [0.25, 0.3) is 20.0 Å². The highest BCUT2D eigenvalue weighted by atomic mass is 32.2. The van der Waals surface area contributed by atoms with Crippen LogP contribution in [0.5, 0.6) is 11.5 Å². The van der Waals surface area contributed by atoms with E-state index in [2.05, 4.69) is 15.5 Å². The standard InChI is InChI=1S/C27H38N2O8S.C15H21NO3.C12H17NO5S.CH4/c1-27(2,3)36-26(31)28-24(18-20-8-6-5-7-9-20)25(30)19-29(37-22-14-16-35-17-15-22)38(32,33)23-12-10-21(34-4)11-13-23;1-15(2,3)19-14(17)16-12(13-10-18-13)9-11-7-5-4-6-8-11;1-16-10-2-4-12(5-3-10)19(14,15)13-18-11-6-8-17-9-7-11;/h5-13,22,24-25,30H,14-19H2,1-4H3,(H,28,31);4-8,12-13H,9-10H2,1-3H3,(H,16,17);2-5,11,13H,6-9H2,1H3;1H4/t24-,25+;12-,13?;;/m00../s1. The van der Waals surface area contributed by atoms with Crippen molar-refractivity contribution in [2.45, 2.75) is 145 Å². The van der Waals surface area contributed by atoms with Gasteiger partial charge in [-0.3, -0.25) is 9.68 Å². The van der Waals surface area contributed by atoms with Crippen molar-refractivity contribution in [3.8, 4) is 11.5 Å². The third-order valence-corrected chi connectivity index (χ3v) is 14.4. The summed E-state index contributed by atoms with van der Waals surface area (Å²) in [5.74, 6) is 1.11. The van der Waals surface area contributed by atoms with Crippen molar-refractivity contribution in [3.05, 3.63) is 120 Å². The van der Waals surface area contributed by atoms with Gasteiger partial charge in [-0.05, 0) is 140 Å². The number of methoxy groups -OCH3 is 2. The molecule has 1 unspecified atom stereocenters. The number of hydrogen-bond acceptors (Lipinski definition) is 16. The Labute approximate surface area is 455 Å². The van der Waals surface area contributed by atoms with E-state index in [-0.39, 0.29) is 48.0 Å². The van der Waals surface area contributed by atoms with Crippen LogP contribution in [0, 0.1) is 0 Å². The molecule has 3 saturated heterocycles. The minimum atomic E-state index is -4.17. The number of carbonyl (C=O) groups excluding carboxylic acids is 2. The Bertz CT molecular complexity index is 2570. The Balaban J connectivity index is 0.000000274. The number of hydrogen-bond donors (Lipinski definition) is 4. The summed E-state index contributed by atoms with van der Waals surface area (Å²) in [6.45, 7) is 13.1. The Morgan fingerprint density at radius 3 is 1.55 bits per heavy atom. The van der Waals surface area contributed by atoms with E-state index in [9.17, 15) is 31.5 Å². The van der Waals surface area contributed by atoms with Crippen LogP contribution in [0.3, 0.4) is 0 Å². The highest BCUT2D eigenvalue weighted by molar-refractivity contribution is 7.89. The zero-order chi connectivity index (χ0) is 55.4. The van der Waals surface area contributed by atoms with E-state index in [1.54, 1.807) is 32.9 Å². The van der Waals surface area contributed by atoms with E-state index in [1.165, 1.54) is 56.2 Å². The first-order valence-electron chi connectivity index (χ1n) is 25.2. The van der Waals surface area contributed by atoms with Gasteiger partial charge in [-0.25, -0.2) is 26.4 Å². The lowest BCUT2D eigenvalue weighted by Gasteiger charge is -2.32. The maximum absolute atomic E-state index is 13.6. The predicted octanol–water partition coefficient (Wildman–Crippen LogP) is 7.53. The molecule has 20 nitrogen and oxygen atoms in total. The molecule has 4 aromatic carbocycles. The molecular formula is C55H80N4O16S2. The maximum Gasteiger partial charge on any atom is 0.407 e. The van der Waals surface area contributed by atoms with Crippen LogP contribution in [-0.2, 0) is 66.2 Å². The number of ether oxygens (including phenoxy) is 7. The number of aliphatic hydroxyl groups excluding tert-OH is 1. The molecular weight excluding hydrogens is 1040 g/mol. The molecule has 2 amide bonds. The van der Waals surface area contributed by atoms with Gasteiger partial charge >= 0.3 is 12.2 Å². The van der Waals surface area contributed by atoms with E-state index in [0.29, 0.717) is 70.2 Å². The lowest BCUT2D eigenvalue weighted by molar-refractivity contribution is -0.170. The van der Waals surface area contributed by atoms with Crippen LogP contribution in [0.4, 0.5) is 9.59 Å². The Hall–Kier alpha value is -5.40. The van der Waals surface area contributed by atoms with Gasteiger partial charge in [-0.2, -0.15) is 0 Å². The van der Waals surface area contributed by atoms with Crippen LogP contribution in [0.2, 0.25) is 0 Å². The van der Waals surface area contributed by atoms with E-state index < -0.39 is 62.1 Å². The first kappa shape index (κ1) is 64.1. The van der Waals surface area contributed by atoms with Gasteiger partial charge in [0.05, 0.1) is 67.6 Å². The van der Waals surface area contributed by atoms with Crippen LogP contribution in [0.25, 0.3) is 0 Å². The molecule has 0 spiro atoms. The lowest BCUT2D eigenvalue weighted by atomic mass is 10.0. The van der Waals surface area contributed by atoms with Crippen LogP contribution in [-0.4, -0.2) is 140 Å². The smallest absolute Gasteiger partial charge is 0.407 e. The van der Waals surface area contributed by atoms with E-state index in [0.717, 1.165) is 16.5 Å². The minimum absolute atomic E-state index is 0. The zero-order valence-corrected chi connectivity index (χ0v) is 46.3. The summed E-state index contributed by atoms with van der Waals surface area (Å²) in [5.41, 5.74) is 0.801. The summed E-state index contributed by atoms with van der Waals surface area (Å²) in [6.07, 6.45) is 0.523. The van der Waals surface area contributed by atoms with Gasteiger partial charge in [-0.15, -0.1) is 0 Å². The van der Waals surface area contributed by atoms with Crippen molar-refractivity contribution in [3.63, 3.8) is 0 Å². The van der Waals surface area contributed by atoms with Crippen molar-refractivity contribution in [1.29, 1.82) is 0 Å². The molecule has 0 saturated carbocycles. The number of rotatable bonds is 20. The SMILES string of the molecule is C.CC(C)(C)OC(=O)N[C@@H](Cc1ccccc1)C1CO1.COc1ccc(S(=O)(=O)N(C[C@@H](O)[C@H](Cc2ccccc2)NC(=O)OC(C)(C)C)OC2CCOCC2)cc1.COc1ccc(S(=O)(=O)NOC2CCOCC2)cc1. The molecule has 77 heavy (non-hydrogen) atoms. The normalized spacial score (nSPS) is 17.3. The number of benzene rings is 4. The van der Waals surface area contributed by atoms with Crippen molar-refractivity contribution < 1.29 is 74.4 Å². The second-order valence-corrected chi connectivity index (χ2v) is 23.6. The summed E-state index contributed by atoms with van der Waals surface area (Å²) in [7, 11) is -4.81. The monoisotopic (exact) mass is 1120 g/mol. The fourth-order valence-corrected chi connectivity index (χ4v) is 9.67. The molecule has 22 heteroatoms. The number of alkyl carbamates (subject to hydrolysis) is 2. The quantitative estimate of drug-likeness (QED) is 0.0493. The zero-order valence-electron chi connectivity index (χ0n) is 44.7. The van der Waals surface area contributed by atoms with Gasteiger partial charge in [-0.1, -0.05) is 77.4 Å². The number of epoxide rings is 1. The molecule has 3 heterocycles. The molecule has 3 aliphatic heterocycles. The molecule has 0 aliphatic carbocycles. The molecule has 0 radical (unpaired) electrons. The molecule has 0 aromatic heterocycles. The molecule has 4 N–H and O–H groups in total. The van der Waals surface area contributed by atoms with Crippen LogP contribution in [0.1, 0.15) is 85.8 Å². The fraction of sp³-hybridized carbons (Fsp3) is 0.527. The van der Waals surface area contributed by atoms with Crippen molar-refractivity contribution in [2.24, 2.45) is 0 Å². The fourth-order valence-electron chi connectivity index (χ4n) is 7.52. The number of nitrogens with zero attached hydrogens (tertiary/aromatic N) is 1. The summed E-state index contributed by atoms with van der Waals surface area (Å²) < 4.78 is 88.7. The van der Waals surface area contributed by atoms with Crippen LogP contribution < -0.4 is 25.0 Å². The molecule has 3 aliphatic rings. The number of nitrogens with one attached hydrogen (secondary N) is 3. The topological polar surface area (TPSA) is 248 Å². The van der Waals surface area contributed by atoms with Gasteiger partial charge in [0.2, 0.25) is 0 Å². The molecule has 7 rings (SSSR count). The second kappa shape index (κ2) is 30.7. The Morgan fingerprint density at radius 2 is 1.09 bits per heavy atom. The van der Waals surface area contributed by atoms with Gasteiger partial charge in [0.15, 0.2) is 0 Å². The van der Waals surface area contributed by atoms with E-state index >= 15 is 0 Å². The number of amides is 2.